The number of pyridine rings is 1. The second kappa shape index (κ2) is 6.91. The molecule has 2 rings (SSSR count). The first kappa shape index (κ1) is 14.3. The Bertz CT molecular complexity index is 409. The largest absolute Gasteiger partial charge is 0.383 e. The van der Waals surface area contributed by atoms with Crippen LogP contribution in [0, 0.1) is 0 Å². The van der Waals surface area contributed by atoms with Crippen molar-refractivity contribution in [1.29, 1.82) is 0 Å². The molecule has 104 valence electrons. The highest BCUT2D eigenvalue weighted by molar-refractivity contribution is 7.98. The molecule has 1 heterocycles. The highest BCUT2D eigenvalue weighted by atomic mass is 32.2. The first-order valence-electron chi connectivity index (χ1n) is 6.58. The molecule has 0 bridgehead atoms. The molecule has 1 N–H and O–H groups in total. The van der Waals surface area contributed by atoms with Crippen molar-refractivity contribution in [2.75, 3.05) is 12.0 Å². The first-order valence-corrected chi connectivity index (χ1v) is 7.98. The third-order valence-corrected chi connectivity index (χ3v) is 3.90. The molecule has 4 nitrogen and oxygen atoms in total. The molecule has 1 aliphatic carbocycles. The van der Waals surface area contributed by atoms with Crippen molar-refractivity contribution in [3.05, 3.63) is 30.1 Å². The minimum atomic E-state index is -0.866. The molecule has 0 aromatic carbocycles. The Morgan fingerprint density at radius 3 is 2.79 bits per heavy atom. The van der Waals surface area contributed by atoms with Crippen molar-refractivity contribution >= 4 is 17.7 Å². The van der Waals surface area contributed by atoms with Crippen molar-refractivity contribution in [3.8, 4) is 0 Å². The Balaban J connectivity index is 1.97. The van der Waals surface area contributed by atoms with E-state index in [4.69, 9.17) is 0 Å². The average Bonchev–Trinajstić information content (AvgIpc) is 3.27. The van der Waals surface area contributed by atoms with Crippen LogP contribution < -0.4 is 0 Å². The molecular weight excluding hydrogens is 260 g/mol. The first-order chi connectivity index (χ1) is 9.22. The van der Waals surface area contributed by atoms with E-state index in [1.165, 1.54) is 0 Å². The Labute approximate surface area is 118 Å². The smallest absolute Gasteiger partial charge is 0.251 e. The van der Waals surface area contributed by atoms with Gasteiger partial charge in [-0.05, 0) is 49.0 Å². The van der Waals surface area contributed by atoms with E-state index in [0.717, 1.165) is 24.2 Å². The SMILES string of the molecule is CSCC[C@H](O)C(=O)N(Cc1ccncc1)C1CC1. The van der Waals surface area contributed by atoms with Gasteiger partial charge in [0.25, 0.3) is 5.91 Å². The number of carbonyl (C=O) groups excluding carboxylic acids is 1. The summed E-state index contributed by atoms with van der Waals surface area (Å²) >= 11 is 1.65. The Morgan fingerprint density at radius 1 is 1.53 bits per heavy atom. The van der Waals surface area contributed by atoms with Crippen molar-refractivity contribution in [1.82, 2.24) is 9.88 Å². The lowest BCUT2D eigenvalue weighted by Gasteiger charge is -2.25. The quantitative estimate of drug-likeness (QED) is 0.826. The van der Waals surface area contributed by atoms with Gasteiger partial charge in [-0.3, -0.25) is 9.78 Å². The third-order valence-electron chi connectivity index (χ3n) is 3.25. The number of carbonyl (C=O) groups is 1. The van der Waals surface area contributed by atoms with Crippen LogP contribution in [0.1, 0.15) is 24.8 Å². The molecule has 1 aliphatic rings. The van der Waals surface area contributed by atoms with Gasteiger partial charge < -0.3 is 10.0 Å². The van der Waals surface area contributed by atoms with Crippen LogP contribution in [0.3, 0.4) is 0 Å². The zero-order valence-electron chi connectivity index (χ0n) is 11.2. The summed E-state index contributed by atoms with van der Waals surface area (Å²) in [4.78, 5) is 18.1. The standard InChI is InChI=1S/C14H20N2O2S/c1-19-9-6-13(17)14(18)16(12-2-3-12)10-11-4-7-15-8-5-11/h4-5,7-8,12-13,17H,2-3,6,9-10H2,1H3/t13-/m0/s1. The number of aromatic nitrogens is 1. The topological polar surface area (TPSA) is 53.4 Å². The van der Waals surface area contributed by atoms with Crippen LogP contribution in [0.2, 0.25) is 0 Å². The molecule has 1 aromatic heterocycles. The summed E-state index contributed by atoms with van der Waals surface area (Å²) in [6.07, 6.45) is 7.20. The molecule has 0 radical (unpaired) electrons. The van der Waals surface area contributed by atoms with E-state index < -0.39 is 6.10 Å². The van der Waals surface area contributed by atoms with Gasteiger partial charge in [0, 0.05) is 25.0 Å². The maximum atomic E-state index is 12.3. The van der Waals surface area contributed by atoms with E-state index in [2.05, 4.69) is 4.98 Å². The lowest BCUT2D eigenvalue weighted by molar-refractivity contribution is -0.141. The molecule has 1 fully saturated rings. The van der Waals surface area contributed by atoms with Crippen LogP contribution in [-0.2, 0) is 11.3 Å². The Kier molecular flexibility index (Phi) is 5.22. The summed E-state index contributed by atoms with van der Waals surface area (Å²) in [5.41, 5.74) is 1.06. The van der Waals surface area contributed by atoms with Crippen LogP contribution in [0.25, 0.3) is 0 Å². The molecule has 1 atom stereocenters. The van der Waals surface area contributed by atoms with Crippen molar-refractivity contribution in [2.24, 2.45) is 0 Å². The van der Waals surface area contributed by atoms with Crippen molar-refractivity contribution in [3.63, 3.8) is 0 Å². The number of hydrogen-bond acceptors (Lipinski definition) is 4. The average molecular weight is 280 g/mol. The fourth-order valence-electron chi connectivity index (χ4n) is 2.00. The Hall–Kier alpha value is -1.07. The minimum Gasteiger partial charge on any atom is -0.383 e. The zero-order chi connectivity index (χ0) is 13.7. The van der Waals surface area contributed by atoms with Crippen LogP contribution >= 0.6 is 11.8 Å². The highest BCUT2D eigenvalue weighted by Gasteiger charge is 2.35. The van der Waals surface area contributed by atoms with E-state index in [0.29, 0.717) is 19.0 Å². The molecule has 1 aromatic rings. The zero-order valence-corrected chi connectivity index (χ0v) is 12.0. The predicted molar refractivity (Wildman–Crippen MR) is 76.8 cm³/mol. The van der Waals surface area contributed by atoms with Gasteiger partial charge in [-0.15, -0.1) is 0 Å². The molecule has 1 amide bonds. The predicted octanol–water partition coefficient (Wildman–Crippen LogP) is 1.69. The van der Waals surface area contributed by atoms with Crippen LogP contribution in [0.15, 0.2) is 24.5 Å². The molecule has 0 unspecified atom stereocenters. The van der Waals surface area contributed by atoms with Crippen molar-refractivity contribution < 1.29 is 9.90 Å². The lowest BCUT2D eigenvalue weighted by atomic mass is 10.2. The monoisotopic (exact) mass is 280 g/mol. The molecule has 0 saturated heterocycles. The van der Waals surface area contributed by atoms with E-state index in [-0.39, 0.29) is 5.91 Å². The van der Waals surface area contributed by atoms with Gasteiger partial charge in [0.2, 0.25) is 0 Å². The second-order valence-electron chi connectivity index (χ2n) is 4.85. The molecule has 5 heteroatoms. The number of aliphatic hydroxyl groups excluding tert-OH is 1. The van der Waals surface area contributed by atoms with Crippen LogP contribution in [0.5, 0.6) is 0 Å². The number of thioether (sulfide) groups is 1. The van der Waals surface area contributed by atoms with Gasteiger partial charge in [-0.2, -0.15) is 11.8 Å². The van der Waals surface area contributed by atoms with E-state index >= 15 is 0 Å². The molecule has 0 spiro atoms. The number of nitrogens with zero attached hydrogens (tertiary/aromatic N) is 2. The molecule has 0 aliphatic heterocycles. The van der Waals surface area contributed by atoms with E-state index in [1.54, 1.807) is 24.2 Å². The summed E-state index contributed by atoms with van der Waals surface area (Å²) < 4.78 is 0. The lowest BCUT2D eigenvalue weighted by Crippen LogP contribution is -2.40. The maximum Gasteiger partial charge on any atom is 0.251 e. The third kappa shape index (κ3) is 4.21. The number of hydrogen-bond donors (Lipinski definition) is 1. The van der Waals surface area contributed by atoms with Crippen molar-refractivity contribution in [2.45, 2.75) is 38.0 Å². The van der Waals surface area contributed by atoms with Gasteiger partial charge in [-0.1, -0.05) is 0 Å². The van der Waals surface area contributed by atoms with E-state index in [9.17, 15) is 9.90 Å². The van der Waals surface area contributed by atoms with Gasteiger partial charge in [0.05, 0.1) is 0 Å². The summed E-state index contributed by atoms with van der Waals surface area (Å²) in [5, 5.41) is 9.96. The molecule has 19 heavy (non-hydrogen) atoms. The fraction of sp³-hybridized carbons (Fsp3) is 0.571. The van der Waals surface area contributed by atoms with Crippen LogP contribution in [-0.4, -0.2) is 45.1 Å². The fourth-order valence-corrected chi connectivity index (χ4v) is 2.46. The summed E-state index contributed by atoms with van der Waals surface area (Å²) in [6, 6.07) is 4.14. The highest BCUT2D eigenvalue weighted by Crippen LogP contribution is 2.29. The molecule has 1 saturated carbocycles. The van der Waals surface area contributed by atoms with Crippen LogP contribution in [0.4, 0.5) is 0 Å². The second-order valence-corrected chi connectivity index (χ2v) is 5.84. The van der Waals surface area contributed by atoms with Gasteiger partial charge in [-0.25, -0.2) is 0 Å². The minimum absolute atomic E-state index is 0.131. The Morgan fingerprint density at radius 2 is 2.21 bits per heavy atom. The summed E-state index contributed by atoms with van der Waals surface area (Å²) in [5.74, 6) is 0.675. The number of amides is 1. The number of aliphatic hydroxyl groups is 1. The normalized spacial score (nSPS) is 16.1. The summed E-state index contributed by atoms with van der Waals surface area (Å²) in [6.45, 7) is 0.572. The van der Waals surface area contributed by atoms with Gasteiger partial charge in [0.1, 0.15) is 6.10 Å². The van der Waals surface area contributed by atoms with Gasteiger partial charge in [0.15, 0.2) is 0 Å². The maximum absolute atomic E-state index is 12.3. The van der Waals surface area contributed by atoms with Gasteiger partial charge >= 0.3 is 0 Å². The molecular formula is C14H20N2O2S. The van der Waals surface area contributed by atoms with E-state index in [1.807, 2.05) is 23.3 Å². The number of rotatable bonds is 7. The summed E-state index contributed by atoms with van der Waals surface area (Å²) in [7, 11) is 0.